The van der Waals surface area contributed by atoms with Crippen molar-refractivity contribution in [1.82, 2.24) is 0 Å². The first-order valence-corrected chi connectivity index (χ1v) is 6.23. The molecule has 0 saturated heterocycles. The van der Waals surface area contributed by atoms with Gasteiger partial charge in [-0.3, -0.25) is 0 Å². The Balaban J connectivity index is 3.41. The van der Waals surface area contributed by atoms with E-state index < -0.39 is 5.97 Å². The molecule has 2 nitrogen and oxygen atoms in total. The molecule has 16 heavy (non-hydrogen) atoms. The van der Waals surface area contributed by atoms with Crippen molar-refractivity contribution in [2.24, 2.45) is 0 Å². The molecule has 0 unspecified atom stereocenters. The fourth-order valence-corrected chi connectivity index (χ4v) is 1.41. The van der Waals surface area contributed by atoms with Gasteiger partial charge in [0, 0.05) is 5.57 Å². The summed E-state index contributed by atoms with van der Waals surface area (Å²) in [6.07, 6.45) is 14.3. The van der Waals surface area contributed by atoms with Crippen molar-refractivity contribution in [2.75, 3.05) is 0 Å². The molecule has 0 saturated carbocycles. The van der Waals surface area contributed by atoms with Gasteiger partial charge in [0.2, 0.25) is 0 Å². The first-order chi connectivity index (χ1) is 7.68. The van der Waals surface area contributed by atoms with E-state index in [9.17, 15) is 4.79 Å². The third-order valence-electron chi connectivity index (χ3n) is 2.51. The van der Waals surface area contributed by atoms with Crippen molar-refractivity contribution in [3.63, 3.8) is 0 Å². The molecular formula is C14H24O2. The van der Waals surface area contributed by atoms with Gasteiger partial charge in [-0.15, -0.1) is 0 Å². The summed E-state index contributed by atoms with van der Waals surface area (Å²) in [4.78, 5) is 10.5. The molecular weight excluding hydrogens is 200 g/mol. The maximum atomic E-state index is 10.5. The molecule has 0 rings (SSSR count). The van der Waals surface area contributed by atoms with E-state index in [1.165, 1.54) is 25.7 Å². The quantitative estimate of drug-likeness (QED) is 0.359. The molecule has 1 N–H and O–H groups in total. The largest absolute Gasteiger partial charge is 0.478 e. The van der Waals surface area contributed by atoms with Crippen LogP contribution in [0.4, 0.5) is 0 Å². The van der Waals surface area contributed by atoms with E-state index in [0.29, 0.717) is 5.57 Å². The van der Waals surface area contributed by atoms with Gasteiger partial charge < -0.3 is 5.11 Å². The number of rotatable bonds is 9. The highest BCUT2D eigenvalue weighted by molar-refractivity contribution is 5.85. The highest BCUT2D eigenvalue weighted by Crippen LogP contribution is 2.04. The SMILES string of the molecule is CCCCCC/C=C/CC/C=C(/C)C(=O)O. The molecule has 0 heterocycles. The fraction of sp³-hybridized carbons (Fsp3) is 0.643. The lowest BCUT2D eigenvalue weighted by Crippen LogP contribution is -1.95. The summed E-state index contributed by atoms with van der Waals surface area (Å²) in [7, 11) is 0. The molecule has 0 aromatic heterocycles. The number of hydrogen-bond acceptors (Lipinski definition) is 1. The Bertz CT molecular complexity index is 239. The first kappa shape index (κ1) is 14.9. The molecule has 92 valence electrons. The third-order valence-corrected chi connectivity index (χ3v) is 2.51. The Morgan fingerprint density at radius 1 is 1.06 bits per heavy atom. The summed E-state index contributed by atoms with van der Waals surface area (Å²) in [6, 6.07) is 0. The van der Waals surface area contributed by atoms with Crippen molar-refractivity contribution in [3.8, 4) is 0 Å². The van der Waals surface area contributed by atoms with E-state index in [0.717, 1.165) is 19.3 Å². The summed E-state index contributed by atoms with van der Waals surface area (Å²) in [5.41, 5.74) is 0.441. The minimum Gasteiger partial charge on any atom is -0.478 e. The van der Waals surface area contributed by atoms with Gasteiger partial charge in [0.15, 0.2) is 0 Å². The minimum atomic E-state index is -0.816. The summed E-state index contributed by atoms with van der Waals surface area (Å²) in [5.74, 6) is -0.816. The van der Waals surface area contributed by atoms with Crippen LogP contribution in [0.2, 0.25) is 0 Å². The molecule has 0 amide bonds. The van der Waals surface area contributed by atoms with Crippen LogP contribution in [-0.4, -0.2) is 11.1 Å². The standard InChI is InChI=1S/C14H24O2/c1-3-4-5-6-7-8-9-10-11-12-13(2)14(15)16/h8-9,12H,3-7,10-11H2,1-2H3,(H,15,16)/b9-8+,13-12-. The molecule has 0 atom stereocenters. The topological polar surface area (TPSA) is 37.3 Å². The van der Waals surface area contributed by atoms with Crippen molar-refractivity contribution in [2.45, 2.75) is 58.8 Å². The number of hydrogen-bond donors (Lipinski definition) is 1. The monoisotopic (exact) mass is 224 g/mol. The van der Waals surface area contributed by atoms with Gasteiger partial charge in [-0.2, -0.15) is 0 Å². The van der Waals surface area contributed by atoms with Crippen LogP contribution in [0.3, 0.4) is 0 Å². The molecule has 0 radical (unpaired) electrons. The van der Waals surface area contributed by atoms with Crippen LogP contribution in [0.25, 0.3) is 0 Å². The maximum Gasteiger partial charge on any atom is 0.330 e. The van der Waals surface area contributed by atoms with Crippen LogP contribution < -0.4 is 0 Å². The molecule has 2 heteroatoms. The Hall–Kier alpha value is -1.05. The van der Waals surface area contributed by atoms with Gasteiger partial charge in [-0.1, -0.05) is 44.4 Å². The van der Waals surface area contributed by atoms with Crippen molar-refractivity contribution in [1.29, 1.82) is 0 Å². The van der Waals surface area contributed by atoms with Crippen molar-refractivity contribution in [3.05, 3.63) is 23.8 Å². The molecule has 0 aliphatic heterocycles. The number of allylic oxidation sites excluding steroid dienone is 3. The number of carbonyl (C=O) groups is 1. The van der Waals surface area contributed by atoms with E-state index >= 15 is 0 Å². The molecule has 0 aliphatic rings. The summed E-state index contributed by atoms with van der Waals surface area (Å²) in [6.45, 7) is 3.85. The lowest BCUT2D eigenvalue weighted by atomic mass is 10.1. The number of carboxylic acids is 1. The summed E-state index contributed by atoms with van der Waals surface area (Å²) in [5, 5.41) is 8.62. The Labute approximate surface area is 99.1 Å². The van der Waals surface area contributed by atoms with Crippen LogP contribution in [-0.2, 0) is 4.79 Å². The molecule has 0 spiro atoms. The Kier molecular flexibility index (Phi) is 9.78. The van der Waals surface area contributed by atoms with Gasteiger partial charge in [-0.05, 0) is 32.6 Å². The van der Waals surface area contributed by atoms with Crippen molar-refractivity contribution >= 4 is 5.97 Å². The van der Waals surface area contributed by atoms with Gasteiger partial charge in [0.05, 0.1) is 0 Å². The first-order valence-electron chi connectivity index (χ1n) is 6.23. The van der Waals surface area contributed by atoms with E-state index in [2.05, 4.69) is 19.1 Å². The van der Waals surface area contributed by atoms with Gasteiger partial charge in [0.25, 0.3) is 0 Å². The molecule has 0 fully saturated rings. The smallest absolute Gasteiger partial charge is 0.330 e. The zero-order valence-corrected chi connectivity index (χ0v) is 10.5. The molecule has 0 bridgehead atoms. The Morgan fingerprint density at radius 3 is 2.38 bits per heavy atom. The van der Waals surface area contributed by atoms with Crippen LogP contribution in [0.15, 0.2) is 23.8 Å². The summed E-state index contributed by atoms with van der Waals surface area (Å²) < 4.78 is 0. The van der Waals surface area contributed by atoms with E-state index in [1.54, 1.807) is 13.0 Å². The Morgan fingerprint density at radius 2 is 1.75 bits per heavy atom. The zero-order valence-electron chi connectivity index (χ0n) is 10.5. The second kappa shape index (κ2) is 10.5. The average molecular weight is 224 g/mol. The van der Waals surface area contributed by atoms with E-state index in [1.807, 2.05) is 0 Å². The van der Waals surface area contributed by atoms with Gasteiger partial charge in [-0.25, -0.2) is 4.79 Å². The lowest BCUT2D eigenvalue weighted by Gasteiger charge is -1.94. The number of aliphatic carboxylic acids is 1. The molecule has 0 aromatic rings. The maximum absolute atomic E-state index is 10.5. The number of carboxylic acid groups (broad SMARTS) is 1. The lowest BCUT2D eigenvalue weighted by molar-refractivity contribution is -0.132. The van der Waals surface area contributed by atoms with Crippen LogP contribution in [0, 0.1) is 0 Å². The van der Waals surface area contributed by atoms with E-state index in [4.69, 9.17) is 5.11 Å². The van der Waals surface area contributed by atoms with Crippen LogP contribution in [0.1, 0.15) is 58.8 Å². The predicted octanol–water partition coefficient (Wildman–Crippen LogP) is 4.32. The minimum absolute atomic E-state index is 0.441. The van der Waals surface area contributed by atoms with E-state index in [-0.39, 0.29) is 0 Å². The van der Waals surface area contributed by atoms with Gasteiger partial charge >= 0.3 is 5.97 Å². The fourth-order valence-electron chi connectivity index (χ4n) is 1.41. The zero-order chi connectivity index (χ0) is 12.2. The highest BCUT2D eigenvalue weighted by Gasteiger charge is 1.96. The normalized spacial score (nSPS) is 12.2. The van der Waals surface area contributed by atoms with Gasteiger partial charge in [0.1, 0.15) is 0 Å². The summed E-state index contributed by atoms with van der Waals surface area (Å²) >= 11 is 0. The third kappa shape index (κ3) is 9.50. The average Bonchev–Trinajstić information content (AvgIpc) is 2.26. The van der Waals surface area contributed by atoms with Crippen molar-refractivity contribution < 1.29 is 9.90 Å². The number of unbranched alkanes of at least 4 members (excludes halogenated alkanes) is 5. The second-order valence-electron chi connectivity index (χ2n) is 4.09. The van der Waals surface area contributed by atoms with Crippen LogP contribution >= 0.6 is 0 Å². The molecule has 0 aliphatic carbocycles. The molecule has 0 aromatic carbocycles. The van der Waals surface area contributed by atoms with Crippen LogP contribution in [0.5, 0.6) is 0 Å². The predicted molar refractivity (Wildman–Crippen MR) is 68.5 cm³/mol. The second-order valence-corrected chi connectivity index (χ2v) is 4.09. The highest BCUT2D eigenvalue weighted by atomic mass is 16.4.